The van der Waals surface area contributed by atoms with E-state index in [4.69, 9.17) is 27.9 Å². The summed E-state index contributed by atoms with van der Waals surface area (Å²) < 4.78 is 5.49. The zero-order valence-corrected chi connectivity index (χ0v) is 18.8. The minimum atomic E-state index is -0.654. The van der Waals surface area contributed by atoms with Crippen LogP contribution in [0.5, 0.6) is 5.75 Å². The van der Waals surface area contributed by atoms with Crippen molar-refractivity contribution in [3.8, 4) is 5.75 Å². The van der Waals surface area contributed by atoms with Crippen LogP contribution < -0.4 is 26.2 Å². The molecule has 11 heteroatoms. The van der Waals surface area contributed by atoms with E-state index in [1.165, 1.54) is 18.2 Å². The minimum Gasteiger partial charge on any atom is -0.491 e. The molecule has 2 aromatic carbocycles. The number of rotatable bonds is 8. The monoisotopic (exact) mass is 480 g/mol. The molecule has 170 valence electrons. The van der Waals surface area contributed by atoms with Gasteiger partial charge in [0.15, 0.2) is 0 Å². The first-order valence-corrected chi connectivity index (χ1v) is 10.3. The predicted molar refractivity (Wildman–Crippen MR) is 120 cm³/mol. The fourth-order valence-corrected chi connectivity index (χ4v) is 2.86. The van der Waals surface area contributed by atoms with Crippen molar-refractivity contribution in [2.45, 2.75) is 20.0 Å². The smallest absolute Gasteiger partial charge is 0.269 e. The van der Waals surface area contributed by atoms with Gasteiger partial charge in [0.2, 0.25) is 5.91 Å². The van der Waals surface area contributed by atoms with Crippen molar-refractivity contribution < 1.29 is 23.9 Å². The maximum Gasteiger partial charge on any atom is 0.269 e. The Morgan fingerprint density at radius 2 is 1.50 bits per heavy atom. The number of benzene rings is 2. The molecule has 0 aliphatic heterocycles. The van der Waals surface area contributed by atoms with Crippen LogP contribution in [0.2, 0.25) is 10.0 Å². The molecule has 0 unspecified atom stereocenters. The number of ether oxygens (including phenoxy) is 1. The van der Waals surface area contributed by atoms with Gasteiger partial charge in [0, 0.05) is 10.6 Å². The molecule has 0 aromatic heterocycles. The summed E-state index contributed by atoms with van der Waals surface area (Å²) in [5.41, 5.74) is 4.90. The summed E-state index contributed by atoms with van der Waals surface area (Å²) in [6, 6.07) is 10.7. The molecule has 0 radical (unpaired) electrons. The molecule has 0 atom stereocenters. The number of amides is 4. The first-order valence-electron chi connectivity index (χ1n) is 9.51. The van der Waals surface area contributed by atoms with Crippen molar-refractivity contribution >= 4 is 46.8 Å². The lowest BCUT2D eigenvalue weighted by molar-refractivity contribution is -0.125. The van der Waals surface area contributed by atoms with Gasteiger partial charge in [0.05, 0.1) is 29.8 Å². The van der Waals surface area contributed by atoms with Crippen molar-refractivity contribution in [2.75, 3.05) is 13.1 Å². The van der Waals surface area contributed by atoms with Crippen LogP contribution in [0.4, 0.5) is 0 Å². The minimum absolute atomic E-state index is 0.00716. The Labute approximate surface area is 194 Å². The summed E-state index contributed by atoms with van der Waals surface area (Å²) in [7, 11) is 0. The summed E-state index contributed by atoms with van der Waals surface area (Å²) in [6.07, 6.45) is 0.00716. The number of carbonyl (C=O) groups is 4. The predicted octanol–water partition coefficient (Wildman–Crippen LogP) is 2.09. The average molecular weight is 481 g/mol. The number of hydrazine groups is 1. The fourth-order valence-electron chi connectivity index (χ4n) is 2.37. The molecule has 32 heavy (non-hydrogen) atoms. The quantitative estimate of drug-likeness (QED) is 0.430. The van der Waals surface area contributed by atoms with Crippen molar-refractivity contribution in [1.82, 2.24) is 21.5 Å². The van der Waals surface area contributed by atoms with Gasteiger partial charge in [0.25, 0.3) is 17.7 Å². The van der Waals surface area contributed by atoms with Crippen LogP contribution in [0.1, 0.15) is 34.6 Å². The van der Waals surface area contributed by atoms with E-state index in [1.54, 1.807) is 24.3 Å². The van der Waals surface area contributed by atoms with Crippen LogP contribution >= 0.6 is 23.2 Å². The summed E-state index contributed by atoms with van der Waals surface area (Å²) in [5, 5.41) is 5.22. The molecule has 4 N–H and O–H groups in total. The fraction of sp³-hybridized carbons (Fsp3) is 0.238. The van der Waals surface area contributed by atoms with Crippen LogP contribution in [-0.4, -0.2) is 42.8 Å². The van der Waals surface area contributed by atoms with E-state index < -0.39 is 30.2 Å². The van der Waals surface area contributed by atoms with E-state index in [2.05, 4.69) is 21.5 Å². The normalized spacial score (nSPS) is 10.3. The van der Waals surface area contributed by atoms with E-state index in [-0.39, 0.29) is 23.2 Å². The lowest BCUT2D eigenvalue weighted by Gasteiger charge is -2.11. The first-order chi connectivity index (χ1) is 15.2. The molecule has 0 spiro atoms. The second-order valence-corrected chi connectivity index (χ2v) is 7.62. The van der Waals surface area contributed by atoms with Crippen molar-refractivity contribution in [1.29, 1.82) is 0 Å². The highest BCUT2D eigenvalue weighted by Gasteiger charge is 2.13. The summed E-state index contributed by atoms with van der Waals surface area (Å²) >= 11 is 11.7. The lowest BCUT2D eigenvalue weighted by Crippen LogP contribution is -2.47. The molecule has 4 amide bonds. The van der Waals surface area contributed by atoms with Crippen LogP contribution in [0.3, 0.4) is 0 Å². The largest absolute Gasteiger partial charge is 0.491 e. The molecule has 9 nitrogen and oxygen atoms in total. The number of hydrogen-bond acceptors (Lipinski definition) is 5. The number of nitrogens with one attached hydrogen (secondary N) is 4. The van der Waals surface area contributed by atoms with Crippen LogP contribution in [0, 0.1) is 0 Å². The van der Waals surface area contributed by atoms with Crippen molar-refractivity contribution in [3.63, 3.8) is 0 Å². The van der Waals surface area contributed by atoms with Gasteiger partial charge in [-0.25, -0.2) is 0 Å². The van der Waals surface area contributed by atoms with Crippen LogP contribution in [0.25, 0.3) is 0 Å². The molecule has 0 aliphatic rings. The van der Waals surface area contributed by atoms with Gasteiger partial charge in [-0.15, -0.1) is 0 Å². The third-order valence-corrected chi connectivity index (χ3v) is 4.38. The third-order valence-electron chi connectivity index (χ3n) is 3.84. The van der Waals surface area contributed by atoms with Crippen LogP contribution in [0.15, 0.2) is 42.5 Å². The summed E-state index contributed by atoms with van der Waals surface area (Å²) in [5.74, 6) is -1.74. The Bertz CT molecular complexity index is 996. The van der Waals surface area contributed by atoms with E-state index >= 15 is 0 Å². The molecule has 0 heterocycles. The average Bonchev–Trinajstić information content (AvgIpc) is 2.74. The topological polar surface area (TPSA) is 126 Å². The van der Waals surface area contributed by atoms with Gasteiger partial charge >= 0.3 is 0 Å². The van der Waals surface area contributed by atoms with Crippen LogP contribution in [-0.2, 0) is 9.59 Å². The van der Waals surface area contributed by atoms with E-state index in [0.717, 1.165) is 0 Å². The molecule has 0 saturated carbocycles. The second-order valence-electron chi connectivity index (χ2n) is 6.78. The molecule has 0 aliphatic carbocycles. The zero-order valence-electron chi connectivity index (χ0n) is 17.3. The number of hydrogen-bond donors (Lipinski definition) is 4. The highest BCUT2D eigenvalue weighted by molar-refractivity contribution is 6.36. The SMILES string of the molecule is CC(C)Oc1ccc(C(=O)NNC(=O)CNC(=O)CNC(=O)c2ccc(Cl)cc2Cl)cc1. The summed E-state index contributed by atoms with van der Waals surface area (Å²) in [6.45, 7) is 3.00. The molecule has 0 bridgehead atoms. The van der Waals surface area contributed by atoms with Gasteiger partial charge in [0.1, 0.15) is 5.75 Å². The Kier molecular flexibility index (Phi) is 9.30. The van der Waals surface area contributed by atoms with Gasteiger partial charge < -0.3 is 15.4 Å². The molecule has 0 fully saturated rings. The van der Waals surface area contributed by atoms with Crippen molar-refractivity contribution in [2.24, 2.45) is 0 Å². The third kappa shape index (κ3) is 8.09. The van der Waals surface area contributed by atoms with Crippen molar-refractivity contribution in [3.05, 3.63) is 63.6 Å². The molecule has 2 aromatic rings. The summed E-state index contributed by atoms with van der Waals surface area (Å²) in [4.78, 5) is 47.8. The molecular formula is C21H22Cl2N4O5. The first kappa shape index (κ1) is 25.0. The molecule has 2 rings (SSSR count). The maximum atomic E-state index is 12.1. The zero-order chi connectivity index (χ0) is 23.7. The molecule has 0 saturated heterocycles. The van der Waals surface area contributed by atoms with Gasteiger partial charge in [-0.05, 0) is 56.3 Å². The van der Waals surface area contributed by atoms with Gasteiger partial charge in [-0.1, -0.05) is 23.2 Å². The second kappa shape index (κ2) is 11.9. The molecular weight excluding hydrogens is 459 g/mol. The van der Waals surface area contributed by atoms with E-state index in [9.17, 15) is 19.2 Å². The van der Waals surface area contributed by atoms with Gasteiger partial charge in [-0.2, -0.15) is 0 Å². The van der Waals surface area contributed by atoms with E-state index in [0.29, 0.717) is 16.3 Å². The highest BCUT2D eigenvalue weighted by Crippen LogP contribution is 2.20. The maximum absolute atomic E-state index is 12.1. The Balaban J connectivity index is 1.70. The Morgan fingerprint density at radius 1 is 0.844 bits per heavy atom. The standard InChI is InChI=1S/C21H22Cl2N4O5/c1-12(2)32-15-6-3-13(4-7-15)20(30)27-26-19(29)11-24-18(28)10-25-21(31)16-8-5-14(22)9-17(16)23/h3-9,12H,10-11H2,1-2H3,(H,24,28)(H,25,31)(H,26,29)(H,27,30). The number of carbonyl (C=O) groups excluding carboxylic acids is 4. The van der Waals surface area contributed by atoms with E-state index in [1.807, 2.05) is 13.8 Å². The Hall–Kier alpha value is -3.30. The highest BCUT2D eigenvalue weighted by atomic mass is 35.5. The lowest BCUT2D eigenvalue weighted by atomic mass is 10.2. The number of halogens is 2. The van der Waals surface area contributed by atoms with Gasteiger partial charge in [-0.3, -0.25) is 30.0 Å². The Morgan fingerprint density at radius 3 is 2.12 bits per heavy atom.